The number of rotatable bonds is 6. The van der Waals surface area contributed by atoms with E-state index in [4.69, 9.17) is 5.26 Å². The Morgan fingerprint density at radius 3 is 2.71 bits per heavy atom. The zero-order valence-electron chi connectivity index (χ0n) is 9.34. The minimum atomic E-state index is -0.317. The Morgan fingerprint density at radius 1 is 1.64 bits per heavy atom. The van der Waals surface area contributed by atoms with Gasteiger partial charge in [-0.1, -0.05) is 13.8 Å². The summed E-state index contributed by atoms with van der Waals surface area (Å²) in [6.07, 6.45) is 3.43. The van der Waals surface area contributed by atoms with E-state index in [1.54, 1.807) is 0 Å². The van der Waals surface area contributed by atoms with E-state index in [0.29, 0.717) is 11.3 Å². The molecule has 1 saturated carbocycles. The Balaban J connectivity index is 2.38. The molecule has 0 saturated heterocycles. The van der Waals surface area contributed by atoms with Crippen LogP contribution in [0, 0.1) is 11.3 Å². The van der Waals surface area contributed by atoms with Gasteiger partial charge in [-0.3, -0.25) is 5.32 Å². The van der Waals surface area contributed by atoms with Crippen LogP contribution in [0.3, 0.4) is 0 Å². The van der Waals surface area contributed by atoms with E-state index >= 15 is 0 Å². The molecule has 2 atom stereocenters. The lowest BCUT2D eigenvalue weighted by molar-refractivity contribution is 0.415. The number of hydrogen-bond donors (Lipinski definition) is 1. The molecule has 0 aromatic heterocycles. The molecule has 0 heterocycles. The first-order valence-corrected chi connectivity index (χ1v) is 6.45. The molecular weight excluding hydrogens is 192 g/mol. The Morgan fingerprint density at radius 2 is 2.29 bits per heavy atom. The fourth-order valence-corrected chi connectivity index (χ4v) is 2.75. The number of nitriles is 1. The predicted octanol–water partition coefficient (Wildman–Crippen LogP) is 2.55. The van der Waals surface area contributed by atoms with Crippen molar-refractivity contribution in [2.75, 3.05) is 5.75 Å². The van der Waals surface area contributed by atoms with Crippen LogP contribution < -0.4 is 5.32 Å². The summed E-state index contributed by atoms with van der Waals surface area (Å²) in [7, 11) is 0. The van der Waals surface area contributed by atoms with Crippen LogP contribution in [0.5, 0.6) is 0 Å². The average Bonchev–Trinajstić information content (AvgIpc) is 2.88. The first-order valence-electron chi connectivity index (χ1n) is 5.40. The quantitative estimate of drug-likeness (QED) is 0.735. The molecule has 0 bridgehead atoms. The molecule has 2 unspecified atom stereocenters. The van der Waals surface area contributed by atoms with E-state index in [2.05, 4.69) is 25.2 Å². The van der Waals surface area contributed by atoms with Gasteiger partial charge in [0.2, 0.25) is 0 Å². The number of nitrogens with one attached hydrogen (secondary N) is 1. The summed E-state index contributed by atoms with van der Waals surface area (Å²) < 4.78 is 0. The van der Waals surface area contributed by atoms with Crippen LogP contribution in [0.1, 0.15) is 40.0 Å². The van der Waals surface area contributed by atoms with Crippen molar-refractivity contribution in [2.45, 2.75) is 56.9 Å². The second-order valence-corrected chi connectivity index (χ2v) is 6.05. The number of nitrogens with zero attached hydrogens (tertiary/aromatic N) is 1. The van der Waals surface area contributed by atoms with E-state index in [9.17, 15) is 0 Å². The lowest BCUT2D eigenvalue weighted by Crippen LogP contribution is -2.44. The largest absolute Gasteiger partial charge is 0.297 e. The molecule has 1 aliphatic carbocycles. The molecule has 1 aliphatic rings. The zero-order chi connectivity index (χ0) is 10.6. The van der Waals surface area contributed by atoms with Crippen molar-refractivity contribution in [3.63, 3.8) is 0 Å². The van der Waals surface area contributed by atoms with Crippen LogP contribution in [0.25, 0.3) is 0 Å². The summed E-state index contributed by atoms with van der Waals surface area (Å²) in [6, 6.07) is 3.02. The first kappa shape index (κ1) is 11.9. The molecule has 80 valence electrons. The highest BCUT2D eigenvalue weighted by molar-refractivity contribution is 7.99. The summed E-state index contributed by atoms with van der Waals surface area (Å²) in [6.45, 7) is 6.40. The van der Waals surface area contributed by atoms with Crippen LogP contribution >= 0.6 is 11.8 Å². The third kappa shape index (κ3) is 3.89. The maximum atomic E-state index is 9.16. The van der Waals surface area contributed by atoms with Gasteiger partial charge in [0, 0.05) is 11.3 Å². The van der Waals surface area contributed by atoms with Crippen molar-refractivity contribution in [1.29, 1.82) is 5.26 Å². The molecule has 0 aromatic rings. The van der Waals surface area contributed by atoms with Crippen molar-refractivity contribution in [1.82, 2.24) is 5.32 Å². The maximum absolute atomic E-state index is 9.16. The molecule has 1 rings (SSSR count). The van der Waals surface area contributed by atoms with Gasteiger partial charge >= 0.3 is 0 Å². The van der Waals surface area contributed by atoms with Gasteiger partial charge in [-0.2, -0.15) is 17.0 Å². The van der Waals surface area contributed by atoms with Gasteiger partial charge in [0.1, 0.15) is 5.54 Å². The smallest absolute Gasteiger partial charge is 0.105 e. The molecule has 0 aromatic carbocycles. The van der Waals surface area contributed by atoms with E-state index in [1.807, 2.05) is 18.7 Å². The van der Waals surface area contributed by atoms with Crippen LogP contribution in [-0.4, -0.2) is 22.6 Å². The predicted molar refractivity (Wildman–Crippen MR) is 62.4 cm³/mol. The van der Waals surface area contributed by atoms with Gasteiger partial charge in [0.25, 0.3) is 0 Å². The molecule has 0 amide bonds. The summed E-state index contributed by atoms with van der Waals surface area (Å²) in [5.41, 5.74) is -0.317. The standard InChI is InChI=1S/C11H20N2S/c1-4-14-9(2)7-11(3,8-12)13-10-5-6-10/h9-10,13H,4-7H2,1-3H3. The molecular formula is C11H20N2S. The third-order valence-electron chi connectivity index (χ3n) is 2.49. The van der Waals surface area contributed by atoms with Crippen LogP contribution in [0.15, 0.2) is 0 Å². The monoisotopic (exact) mass is 212 g/mol. The van der Waals surface area contributed by atoms with Gasteiger partial charge in [0.05, 0.1) is 6.07 Å². The average molecular weight is 212 g/mol. The van der Waals surface area contributed by atoms with Crippen molar-refractivity contribution in [3.05, 3.63) is 0 Å². The molecule has 1 N–H and O–H groups in total. The summed E-state index contributed by atoms with van der Waals surface area (Å²) >= 11 is 1.93. The number of hydrogen-bond acceptors (Lipinski definition) is 3. The van der Waals surface area contributed by atoms with Crippen LogP contribution in [0.2, 0.25) is 0 Å². The van der Waals surface area contributed by atoms with E-state index in [0.717, 1.165) is 12.2 Å². The van der Waals surface area contributed by atoms with Crippen molar-refractivity contribution in [2.24, 2.45) is 0 Å². The lowest BCUT2D eigenvalue weighted by Gasteiger charge is -2.26. The highest BCUT2D eigenvalue weighted by Gasteiger charge is 2.33. The van der Waals surface area contributed by atoms with E-state index in [-0.39, 0.29) is 5.54 Å². The third-order valence-corrected chi connectivity index (χ3v) is 3.56. The second-order valence-electron chi connectivity index (χ2n) is 4.33. The summed E-state index contributed by atoms with van der Waals surface area (Å²) in [5.74, 6) is 1.13. The molecule has 3 heteroatoms. The minimum absolute atomic E-state index is 0.317. The molecule has 1 fully saturated rings. The van der Waals surface area contributed by atoms with Gasteiger partial charge in [-0.15, -0.1) is 0 Å². The SMILES string of the molecule is CCSC(C)CC(C)(C#N)NC1CC1. The summed E-state index contributed by atoms with van der Waals surface area (Å²) in [4.78, 5) is 0. The van der Waals surface area contributed by atoms with Gasteiger partial charge < -0.3 is 0 Å². The Hall–Kier alpha value is -0.200. The van der Waals surface area contributed by atoms with Gasteiger partial charge in [-0.25, -0.2) is 0 Å². The van der Waals surface area contributed by atoms with Crippen molar-refractivity contribution < 1.29 is 0 Å². The van der Waals surface area contributed by atoms with Crippen LogP contribution in [0.4, 0.5) is 0 Å². The van der Waals surface area contributed by atoms with Crippen molar-refractivity contribution >= 4 is 11.8 Å². The fraction of sp³-hybridized carbons (Fsp3) is 0.909. The van der Waals surface area contributed by atoms with E-state index < -0.39 is 0 Å². The molecule has 14 heavy (non-hydrogen) atoms. The van der Waals surface area contributed by atoms with Crippen molar-refractivity contribution in [3.8, 4) is 6.07 Å². The highest BCUT2D eigenvalue weighted by Crippen LogP contribution is 2.27. The Labute approximate surface area is 91.4 Å². The lowest BCUT2D eigenvalue weighted by atomic mass is 9.98. The Kier molecular flexibility index (Phi) is 4.28. The first-order chi connectivity index (χ1) is 6.59. The van der Waals surface area contributed by atoms with E-state index in [1.165, 1.54) is 12.8 Å². The minimum Gasteiger partial charge on any atom is -0.297 e. The Bertz CT molecular complexity index is 220. The van der Waals surface area contributed by atoms with Gasteiger partial charge in [0.15, 0.2) is 0 Å². The fourth-order valence-electron chi connectivity index (χ4n) is 1.73. The molecule has 0 radical (unpaired) electrons. The number of thioether (sulfide) groups is 1. The molecule has 2 nitrogen and oxygen atoms in total. The second kappa shape index (κ2) is 5.04. The zero-order valence-corrected chi connectivity index (χ0v) is 10.2. The van der Waals surface area contributed by atoms with Gasteiger partial charge in [-0.05, 0) is 31.9 Å². The molecule has 0 aliphatic heterocycles. The highest BCUT2D eigenvalue weighted by atomic mass is 32.2. The summed E-state index contributed by atoms with van der Waals surface area (Å²) in [5, 5.41) is 13.2. The normalized spacial score (nSPS) is 22.4. The van der Waals surface area contributed by atoms with Crippen LogP contribution in [-0.2, 0) is 0 Å². The molecule has 0 spiro atoms. The topological polar surface area (TPSA) is 35.8 Å². The maximum Gasteiger partial charge on any atom is 0.105 e.